The van der Waals surface area contributed by atoms with Crippen molar-refractivity contribution in [3.8, 4) is 0 Å². The minimum Gasteiger partial charge on any atom is -3.00 e. The molecule has 5 heavy (non-hydrogen) atoms. The Morgan fingerprint density at radius 1 is 0.800 bits per heavy atom. The minimum absolute atomic E-state index is 0. The van der Waals surface area contributed by atoms with E-state index in [2.05, 4.69) is 0 Å². The molecule has 0 saturated heterocycles. The van der Waals surface area contributed by atoms with Gasteiger partial charge in [0.1, 0.15) is 0 Å². The SMILES string of the molecule is [As-3].[Ga+3].[Ga+3].[P-3].[Si]. The Labute approximate surface area is 77.7 Å². The van der Waals surface area contributed by atoms with Gasteiger partial charge in [-0.2, -0.15) is 0 Å². The van der Waals surface area contributed by atoms with Gasteiger partial charge in [0.05, 0.1) is 0 Å². The molecule has 0 aliphatic rings. The summed E-state index contributed by atoms with van der Waals surface area (Å²) in [5.74, 6) is 0. The van der Waals surface area contributed by atoms with E-state index in [-0.39, 0.29) is 78.4 Å². The van der Waals surface area contributed by atoms with Crippen LogP contribution in [0.15, 0.2) is 0 Å². The van der Waals surface area contributed by atoms with Gasteiger partial charge in [-0.3, -0.25) is 0 Å². The van der Waals surface area contributed by atoms with Crippen molar-refractivity contribution in [3.63, 3.8) is 0 Å². The Kier molecular flexibility index (Phi) is 324. The van der Waals surface area contributed by atoms with Crippen LogP contribution in [0, 0.1) is 0 Å². The smallest absolute Gasteiger partial charge is 3.00 e. The van der Waals surface area contributed by atoms with Crippen molar-refractivity contribution >= 4 is 78.4 Å². The molecule has 0 aromatic heterocycles. The van der Waals surface area contributed by atoms with Crippen LogP contribution in [0.25, 0.3) is 0 Å². The summed E-state index contributed by atoms with van der Waals surface area (Å²) in [5, 5.41) is 0. The third kappa shape index (κ3) is 21.2. The average Bonchev–Trinajstić information content (AvgIpc) is 0. The van der Waals surface area contributed by atoms with Gasteiger partial charge in [0.25, 0.3) is 0 Å². The molecular weight excluding hydrogens is 273 g/mol. The molecule has 4 radical (unpaired) electrons. The van der Waals surface area contributed by atoms with Crippen molar-refractivity contribution < 1.29 is 0 Å². The van der Waals surface area contributed by atoms with Crippen LogP contribution < -0.4 is 0 Å². The van der Waals surface area contributed by atoms with Gasteiger partial charge in [0, 0.05) is 11.0 Å². The Hall–Kier alpha value is 2.48. The molecule has 5 heteroatoms. The molecule has 0 aromatic rings. The molecule has 0 spiro atoms. The first kappa shape index (κ1) is 51.1. The first-order valence-corrected chi connectivity index (χ1v) is 0. The largest absolute Gasteiger partial charge is 3.00 e. The van der Waals surface area contributed by atoms with Crippen LogP contribution in [0.3, 0.4) is 0 Å². The maximum Gasteiger partial charge on any atom is 3.00 e. The quantitative estimate of drug-likeness (QED) is 0.406. The predicted octanol–water partition coefficient (Wildman–Crippen LogP) is -0.662. The molecule has 0 atom stereocenters. The van der Waals surface area contributed by atoms with Crippen LogP contribution in [0.4, 0.5) is 0 Å². The summed E-state index contributed by atoms with van der Waals surface area (Å²) in [6, 6.07) is 0. The zero-order valence-electron chi connectivity index (χ0n) is 2.55. The van der Waals surface area contributed by atoms with Gasteiger partial charge in [0.2, 0.25) is 0 Å². The second-order valence-corrected chi connectivity index (χ2v) is 0. The van der Waals surface area contributed by atoms with Crippen molar-refractivity contribution in [3.05, 3.63) is 0 Å². The molecule has 0 amide bonds. The van der Waals surface area contributed by atoms with E-state index in [1.54, 1.807) is 0 Å². The third-order valence-electron chi connectivity index (χ3n) is 0. The first-order valence-electron chi connectivity index (χ1n) is 0. The summed E-state index contributed by atoms with van der Waals surface area (Å²) in [7, 11) is 0. The van der Waals surface area contributed by atoms with Crippen molar-refractivity contribution in [1.29, 1.82) is 0 Å². The molecule has 0 heterocycles. The zero-order valence-corrected chi connectivity index (χ0v) is 11.2. The monoisotopic (exact) mass is 272 g/mol. The molecule has 0 saturated carbocycles. The molecule has 0 rings (SSSR count). The Bertz CT molecular complexity index is 9.61. The summed E-state index contributed by atoms with van der Waals surface area (Å²) in [6.07, 6.45) is 0. The fourth-order valence-corrected chi connectivity index (χ4v) is 0. The second kappa shape index (κ2) is 31.7. The topological polar surface area (TPSA) is 0 Å². The molecule has 0 fully saturated rings. The van der Waals surface area contributed by atoms with E-state index in [9.17, 15) is 0 Å². The second-order valence-electron chi connectivity index (χ2n) is 0. The van der Waals surface area contributed by atoms with Crippen molar-refractivity contribution in [2.24, 2.45) is 0 Å². The Morgan fingerprint density at radius 3 is 0.800 bits per heavy atom. The zero-order chi connectivity index (χ0) is 0. The third-order valence-corrected chi connectivity index (χ3v) is 0. The molecular formula is AsGa2PSi. The minimum atomic E-state index is 0. The maximum atomic E-state index is 0. The van der Waals surface area contributed by atoms with E-state index >= 15 is 0 Å². The Morgan fingerprint density at radius 2 is 0.800 bits per heavy atom. The standard InChI is InChI=1S/As.2Ga.P.Si/q-3;2*+3;-3;. The van der Waals surface area contributed by atoms with E-state index in [1.165, 1.54) is 0 Å². The van der Waals surface area contributed by atoms with Crippen molar-refractivity contribution in [1.82, 2.24) is 0 Å². The van der Waals surface area contributed by atoms with E-state index < -0.39 is 0 Å². The molecule has 0 nitrogen and oxygen atoms in total. The number of hydrogen-bond donors (Lipinski definition) is 0. The molecule has 0 aliphatic heterocycles. The summed E-state index contributed by atoms with van der Waals surface area (Å²) in [4.78, 5) is 0. The molecule has 20 valence electrons. The first-order chi connectivity index (χ1) is 0. The van der Waals surface area contributed by atoms with Crippen LogP contribution in [0.1, 0.15) is 0 Å². The van der Waals surface area contributed by atoms with Crippen molar-refractivity contribution in [2.75, 3.05) is 0 Å². The van der Waals surface area contributed by atoms with Crippen LogP contribution >= 0.6 is 9.90 Å². The van der Waals surface area contributed by atoms with Gasteiger partial charge < -0.3 is 27.9 Å². The van der Waals surface area contributed by atoms with E-state index in [4.69, 9.17) is 0 Å². The van der Waals surface area contributed by atoms with Gasteiger partial charge in [-0.1, -0.05) is 0 Å². The van der Waals surface area contributed by atoms with Crippen LogP contribution in [0.5, 0.6) is 0 Å². The molecule has 0 aliphatic carbocycles. The average molecular weight is 273 g/mol. The number of hydrogen-bond acceptors (Lipinski definition) is 0. The molecule has 0 unspecified atom stereocenters. The fourth-order valence-electron chi connectivity index (χ4n) is 0. The predicted molar refractivity (Wildman–Crippen MR) is 29.9 cm³/mol. The molecule has 0 bridgehead atoms. The summed E-state index contributed by atoms with van der Waals surface area (Å²) in [5.41, 5.74) is 0. The van der Waals surface area contributed by atoms with Gasteiger partial charge in [-0.15, -0.1) is 0 Å². The van der Waals surface area contributed by atoms with Gasteiger partial charge in [-0.25, -0.2) is 0 Å². The summed E-state index contributed by atoms with van der Waals surface area (Å²) >= 11 is 0. The maximum absolute atomic E-state index is 0. The van der Waals surface area contributed by atoms with Crippen LogP contribution in [0.2, 0.25) is 0 Å². The molecule has 0 aromatic carbocycles. The van der Waals surface area contributed by atoms with Crippen molar-refractivity contribution in [2.45, 2.75) is 0 Å². The van der Waals surface area contributed by atoms with Crippen LogP contribution in [-0.4, -0.2) is 68.5 Å². The summed E-state index contributed by atoms with van der Waals surface area (Å²) in [6.45, 7) is 0. The Balaban J connectivity index is 0. The van der Waals surface area contributed by atoms with Gasteiger partial charge >= 0.3 is 39.6 Å². The molecule has 0 N–H and O–H groups in total. The van der Waals surface area contributed by atoms with Crippen LogP contribution in [-0.2, 0) is 0 Å². The normalized spacial score (nSPS) is 0. The number of rotatable bonds is 0. The van der Waals surface area contributed by atoms with E-state index in [0.29, 0.717) is 0 Å². The fraction of sp³-hybridized carbons (Fsp3) is 0. The van der Waals surface area contributed by atoms with E-state index in [1.807, 2.05) is 0 Å². The van der Waals surface area contributed by atoms with E-state index in [0.717, 1.165) is 0 Å². The van der Waals surface area contributed by atoms with Gasteiger partial charge in [-0.05, 0) is 0 Å². The summed E-state index contributed by atoms with van der Waals surface area (Å²) < 4.78 is 0. The van der Waals surface area contributed by atoms with Gasteiger partial charge in [0.15, 0.2) is 0 Å².